The molecular weight excluding hydrogens is 394 g/mol. The number of rotatable bonds is 4. The molecule has 1 amide bonds. The van der Waals surface area contributed by atoms with Crippen LogP contribution in [0.15, 0.2) is 34.2 Å². The van der Waals surface area contributed by atoms with Crippen LogP contribution in [0.3, 0.4) is 0 Å². The van der Waals surface area contributed by atoms with Crippen molar-refractivity contribution >= 4 is 40.9 Å². The lowest BCUT2D eigenvalue weighted by Gasteiger charge is -2.12. The predicted octanol–water partition coefficient (Wildman–Crippen LogP) is 3.02. The molecule has 29 heavy (non-hydrogen) atoms. The number of hydrogen-bond donors (Lipinski definition) is 2. The standard InChI is InChI=1S/C20H19N3O5S/c1-10-5-12(9-16-17(24)22(4)20(21-3)29-16)11(2)23(10)15-7-13(18(25)26)6-14(8-15)19(27)28/h5-9H,1-4H3,(H,25,26)(H,27,28)/b16-9+,21-20?. The van der Waals surface area contributed by atoms with Gasteiger partial charge in [-0.3, -0.25) is 14.7 Å². The number of nitrogens with zero attached hydrogens (tertiary/aromatic N) is 3. The second kappa shape index (κ2) is 7.59. The lowest BCUT2D eigenvalue weighted by atomic mass is 10.1. The van der Waals surface area contributed by atoms with E-state index in [4.69, 9.17) is 0 Å². The minimum atomic E-state index is -1.21. The molecule has 8 nitrogen and oxygen atoms in total. The number of amides is 1. The molecule has 3 rings (SSSR count). The van der Waals surface area contributed by atoms with Crippen molar-refractivity contribution in [1.82, 2.24) is 9.47 Å². The van der Waals surface area contributed by atoms with E-state index in [-0.39, 0.29) is 17.0 Å². The molecule has 2 N–H and O–H groups in total. The SMILES string of the molecule is CN=C1S/C(=C/c2cc(C)n(-c3cc(C(=O)O)cc(C(=O)O)c3)c2C)C(=O)N1C. The van der Waals surface area contributed by atoms with Gasteiger partial charge in [-0.25, -0.2) is 9.59 Å². The normalized spacial score (nSPS) is 16.8. The highest BCUT2D eigenvalue weighted by molar-refractivity contribution is 8.18. The first kappa shape index (κ1) is 20.4. The van der Waals surface area contributed by atoms with Gasteiger partial charge in [0, 0.05) is 31.2 Å². The molecule has 1 aromatic heterocycles. The number of likely N-dealkylation sites (N-methyl/N-ethyl adjacent to an activating group) is 1. The maximum absolute atomic E-state index is 12.4. The van der Waals surface area contributed by atoms with E-state index in [0.29, 0.717) is 15.8 Å². The van der Waals surface area contributed by atoms with Crippen LogP contribution in [-0.2, 0) is 4.79 Å². The van der Waals surface area contributed by atoms with Crippen LogP contribution in [0, 0.1) is 13.8 Å². The number of aliphatic imine (C=N–C) groups is 1. The summed E-state index contributed by atoms with van der Waals surface area (Å²) in [5, 5.41) is 19.3. The van der Waals surface area contributed by atoms with Gasteiger partial charge in [0.25, 0.3) is 5.91 Å². The number of carbonyl (C=O) groups is 3. The van der Waals surface area contributed by atoms with Crippen LogP contribution >= 0.6 is 11.8 Å². The number of amidine groups is 1. The van der Waals surface area contributed by atoms with Gasteiger partial charge < -0.3 is 14.8 Å². The van der Waals surface area contributed by atoms with E-state index < -0.39 is 11.9 Å². The number of benzene rings is 1. The second-order valence-electron chi connectivity index (χ2n) is 6.52. The molecule has 1 aliphatic rings. The summed E-state index contributed by atoms with van der Waals surface area (Å²) in [5.74, 6) is -2.57. The number of aromatic nitrogens is 1. The van der Waals surface area contributed by atoms with E-state index in [0.717, 1.165) is 23.0 Å². The lowest BCUT2D eigenvalue weighted by molar-refractivity contribution is -0.121. The molecule has 2 heterocycles. The summed E-state index contributed by atoms with van der Waals surface area (Å²) in [4.78, 5) is 41.3. The van der Waals surface area contributed by atoms with Crippen molar-refractivity contribution in [2.24, 2.45) is 4.99 Å². The summed E-state index contributed by atoms with van der Waals surface area (Å²) in [6.07, 6.45) is 1.76. The van der Waals surface area contributed by atoms with Crippen molar-refractivity contribution in [3.05, 3.63) is 57.2 Å². The molecular formula is C20H19N3O5S. The van der Waals surface area contributed by atoms with Crippen LogP contribution in [0.2, 0.25) is 0 Å². The van der Waals surface area contributed by atoms with Gasteiger partial charge in [-0.2, -0.15) is 0 Å². The zero-order chi connectivity index (χ0) is 21.5. The lowest BCUT2D eigenvalue weighted by Crippen LogP contribution is -2.23. The minimum absolute atomic E-state index is 0.112. The summed E-state index contributed by atoms with van der Waals surface area (Å²) in [7, 11) is 3.28. The van der Waals surface area contributed by atoms with Crippen LogP contribution < -0.4 is 0 Å². The predicted molar refractivity (Wildman–Crippen MR) is 111 cm³/mol. The fourth-order valence-electron chi connectivity index (χ4n) is 3.21. The maximum atomic E-state index is 12.4. The van der Waals surface area contributed by atoms with Gasteiger partial charge >= 0.3 is 11.9 Å². The molecule has 0 unspecified atom stereocenters. The average molecular weight is 413 g/mol. The third-order valence-electron chi connectivity index (χ3n) is 4.62. The maximum Gasteiger partial charge on any atom is 0.335 e. The monoisotopic (exact) mass is 413 g/mol. The number of thioether (sulfide) groups is 1. The topological polar surface area (TPSA) is 112 Å². The number of carboxylic acid groups (broad SMARTS) is 2. The third kappa shape index (κ3) is 3.68. The van der Waals surface area contributed by atoms with Gasteiger partial charge in [-0.05, 0) is 61.5 Å². The highest BCUT2D eigenvalue weighted by Crippen LogP contribution is 2.33. The fraction of sp³-hybridized carbons (Fsp3) is 0.200. The quantitative estimate of drug-likeness (QED) is 0.745. The van der Waals surface area contributed by atoms with Crippen molar-refractivity contribution in [1.29, 1.82) is 0 Å². The molecule has 150 valence electrons. The van der Waals surface area contributed by atoms with E-state index in [1.807, 2.05) is 19.9 Å². The first-order valence-corrected chi connectivity index (χ1v) is 9.41. The Kier molecular flexibility index (Phi) is 5.34. The molecule has 9 heteroatoms. The number of aryl methyl sites for hydroxylation is 1. The second-order valence-corrected chi connectivity index (χ2v) is 7.53. The van der Waals surface area contributed by atoms with Crippen molar-refractivity contribution in [2.45, 2.75) is 13.8 Å². The van der Waals surface area contributed by atoms with Crippen molar-refractivity contribution in [3.8, 4) is 5.69 Å². The molecule has 0 bridgehead atoms. The van der Waals surface area contributed by atoms with Crippen molar-refractivity contribution < 1.29 is 24.6 Å². The van der Waals surface area contributed by atoms with Crippen molar-refractivity contribution in [3.63, 3.8) is 0 Å². The van der Waals surface area contributed by atoms with Gasteiger partial charge in [0.2, 0.25) is 0 Å². The molecule has 0 atom stereocenters. The number of hydrogen-bond acceptors (Lipinski definition) is 5. The summed E-state index contributed by atoms with van der Waals surface area (Å²) < 4.78 is 1.77. The van der Waals surface area contributed by atoms with E-state index in [1.54, 1.807) is 24.7 Å². The third-order valence-corrected chi connectivity index (χ3v) is 5.77. The molecule has 0 saturated carbocycles. The van der Waals surface area contributed by atoms with Gasteiger partial charge in [-0.1, -0.05) is 0 Å². The molecule has 0 aliphatic carbocycles. The van der Waals surface area contributed by atoms with Gasteiger partial charge in [-0.15, -0.1) is 0 Å². The van der Waals surface area contributed by atoms with E-state index in [1.165, 1.54) is 28.8 Å². The van der Waals surface area contributed by atoms with E-state index in [2.05, 4.69) is 4.99 Å². The summed E-state index contributed by atoms with van der Waals surface area (Å²) in [5.41, 5.74) is 2.52. The average Bonchev–Trinajstić information content (AvgIpc) is 3.11. The number of carbonyl (C=O) groups excluding carboxylic acids is 1. The first-order chi connectivity index (χ1) is 13.6. The van der Waals surface area contributed by atoms with E-state index in [9.17, 15) is 24.6 Å². The van der Waals surface area contributed by atoms with E-state index >= 15 is 0 Å². The van der Waals surface area contributed by atoms with Crippen molar-refractivity contribution in [2.75, 3.05) is 14.1 Å². The number of aromatic carboxylic acids is 2. The summed E-state index contributed by atoms with van der Waals surface area (Å²) in [6, 6.07) is 5.85. The van der Waals surface area contributed by atoms with Crippen LogP contribution in [-0.4, -0.2) is 56.8 Å². The molecule has 1 saturated heterocycles. The smallest absolute Gasteiger partial charge is 0.335 e. The summed E-state index contributed by atoms with van der Waals surface area (Å²) >= 11 is 1.28. The highest BCUT2D eigenvalue weighted by Gasteiger charge is 2.30. The Hall–Kier alpha value is -3.33. The van der Waals surface area contributed by atoms with Gasteiger partial charge in [0.15, 0.2) is 5.17 Å². The van der Waals surface area contributed by atoms with Crippen LogP contribution in [0.1, 0.15) is 37.7 Å². The molecule has 1 fully saturated rings. The Labute approximate surface area is 171 Å². The Morgan fingerprint density at radius 2 is 1.66 bits per heavy atom. The Morgan fingerprint density at radius 1 is 1.07 bits per heavy atom. The molecule has 0 spiro atoms. The largest absolute Gasteiger partial charge is 0.478 e. The molecule has 2 aromatic rings. The zero-order valence-electron chi connectivity index (χ0n) is 16.3. The Morgan fingerprint density at radius 3 is 2.14 bits per heavy atom. The van der Waals surface area contributed by atoms with Gasteiger partial charge in [0.05, 0.1) is 16.0 Å². The van der Waals surface area contributed by atoms with Crippen LogP contribution in [0.4, 0.5) is 0 Å². The first-order valence-electron chi connectivity index (χ1n) is 8.59. The molecule has 1 aliphatic heterocycles. The van der Waals surface area contributed by atoms with Gasteiger partial charge in [0.1, 0.15) is 0 Å². The highest BCUT2D eigenvalue weighted by atomic mass is 32.2. The minimum Gasteiger partial charge on any atom is -0.478 e. The molecule has 0 radical (unpaired) electrons. The number of carboxylic acids is 2. The fourth-order valence-corrected chi connectivity index (χ4v) is 4.13. The zero-order valence-corrected chi connectivity index (χ0v) is 17.1. The van der Waals surface area contributed by atoms with Crippen LogP contribution in [0.5, 0.6) is 0 Å². The Bertz CT molecular complexity index is 1080. The Balaban J connectivity index is 2.12. The van der Waals surface area contributed by atoms with Crippen LogP contribution in [0.25, 0.3) is 11.8 Å². The molecule has 1 aromatic carbocycles. The summed E-state index contributed by atoms with van der Waals surface area (Å²) in [6.45, 7) is 3.66.